The van der Waals surface area contributed by atoms with Crippen LogP contribution in [0, 0.1) is 5.92 Å². The van der Waals surface area contributed by atoms with Gasteiger partial charge in [-0.3, -0.25) is 14.4 Å². The summed E-state index contributed by atoms with van der Waals surface area (Å²) in [6, 6.07) is 27.7. The second-order valence-corrected chi connectivity index (χ2v) is 9.02. The highest BCUT2D eigenvalue weighted by molar-refractivity contribution is 6.33. The molecule has 1 fully saturated rings. The second kappa shape index (κ2) is 10.7. The van der Waals surface area contributed by atoms with Gasteiger partial charge in [0.2, 0.25) is 5.91 Å². The Morgan fingerprint density at radius 2 is 1.65 bits per heavy atom. The Morgan fingerprint density at radius 3 is 2.46 bits per heavy atom. The number of nitrogens with one attached hydrogen (secondary N) is 1. The quantitative estimate of drug-likeness (QED) is 0.314. The van der Waals surface area contributed by atoms with Gasteiger partial charge in [-0.15, -0.1) is 0 Å². The van der Waals surface area contributed by atoms with E-state index >= 15 is 0 Å². The standard InChI is InChI=1S/C29H23ClN2O5/c30-24-9-3-4-10-25(24)31-27(33)18-36-29(35)20-16-28(34)32(17-20)21-12-14-22(15-13-21)37-26-11-5-7-19-6-1-2-8-23(19)26/h1-15,20H,16-18H2,(H,31,33)/t20-/m0/s1. The molecule has 1 saturated heterocycles. The maximum atomic E-state index is 12.6. The number of hydrogen-bond donors (Lipinski definition) is 1. The van der Waals surface area contributed by atoms with E-state index in [2.05, 4.69) is 5.32 Å². The number of halogens is 1. The Bertz CT molecular complexity index is 1470. The van der Waals surface area contributed by atoms with Crippen LogP contribution in [-0.2, 0) is 19.1 Å². The first-order valence-electron chi connectivity index (χ1n) is 11.7. The molecule has 4 aromatic rings. The average molecular weight is 515 g/mol. The number of anilines is 2. The predicted molar refractivity (Wildman–Crippen MR) is 142 cm³/mol. The number of amides is 2. The van der Waals surface area contributed by atoms with Crippen molar-refractivity contribution in [3.63, 3.8) is 0 Å². The Hall–Kier alpha value is -4.36. The van der Waals surface area contributed by atoms with Crippen LogP contribution in [0.15, 0.2) is 91.0 Å². The summed E-state index contributed by atoms with van der Waals surface area (Å²) in [6.45, 7) is -0.289. The summed E-state index contributed by atoms with van der Waals surface area (Å²) in [4.78, 5) is 38.8. The van der Waals surface area contributed by atoms with Crippen molar-refractivity contribution in [1.82, 2.24) is 0 Å². The van der Waals surface area contributed by atoms with Crippen molar-refractivity contribution in [2.45, 2.75) is 6.42 Å². The number of ether oxygens (including phenoxy) is 2. The van der Waals surface area contributed by atoms with E-state index < -0.39 is 24.4 Å². The van der Waals surface area contributed by atoms with Crippen molar-refractivity contribution in [3.05, 3.63) is 96.0 Å². The molecule has 0 bridgehead atoms. The Labute approximate surface area is 218 Å². The van der Waals surface area contributed by atoms with E-state index in [0.29, 0.717) is 22.1 Å². The number of hydrogen-bond acceptors (Lipinski definition) is 5. The Kier molecular flexibility index (Phi) is 7.05. The number of carbonyl (C=O) groups excluding carboxylic acids is 3. The molecule has 8 heteroatoms. The highest BCUT2D eigenvalue weighted by Gasteiger charge is 2.36. The number of carbonyl (C=O) groups is 3. The third kappa shape index (κ3) is 5.57. The fourth-order valence-corrected chi connectivity index (χ4v) is 4.41. The van der Waals surface area contributed by atoms with E-state index in [1.807, 2.05) is 42.5 Å². The minimum atomic E-state index is -0.660. The lowest BCUT2D eigenvalue weighted by Gasteiger charge is -2.17. The fourth-order valence-electron chi connectivity index (χ4n) is 4.22. The molecule has 0 saturated carbocycles. The van der Waals surface area contributed by atoms with Crippen molar-refractivity contribution in [2.75, 3.05) is 23.4 Å². The average Bonchev–Trinajstić information content (AvgIpc) is 3.31. The molecule has 0 radical (unpaired) electrons. The number of benzene rings is 4. The first kappa shape index (κ1) is 24.3. The predicted octanol–water partition coefficient (Wildman–Crippen LogP) is 5.82. The summed E-state index contributed by atoms with van der Waals surface area (Å²) in [5.74, 6) is -0.584. The summed E-state index contributed by atoms with van der Waals surface area (Å²) in [7, 11) is 0. The third-order valence-corrected chi connectivity index (χ3v) is 6.41. The molecule has 0 spiro atoms. The van der Waals surface area contributed by atoms with Crippen LogP contribution < -0.4 is 15.0 Å². The van der Waals surface area contributed by atoms with E-state index in [4.69, 9.17) is 21.1 Å². The zero-order valence-corrected chi connectivity index (χ0v) is 20.5. The number of esters is 1. The van der Waals surface area contributed by atoms with Gasteiger partial charge in [-0.25, -0.2) is 0 Å². The zero-order chi connectivity index (χ0) is 25.8. The van der Waals surface area contributed by atoms with E-state index in [1.54, 1.807) is 48.5 Å². The SMILES string of the molecule is O=C(COC(=O)[C@H]1CC(=O)N(c2ccc(Oc3cccc4ccccc34)cc2)C1)Nc1ccccc1Cl. The Balaban J connectivity index is 1.17. The summed E-state index contributed by atoms with van der Waals surface area (Å²) in [5.41, 5.74) is 1.09. The van der Waals surface area contributed by atoms with Crippen LogP contribution in [0.3, 0.4) is 0 Å². The summed E-state index contributed by atoms with van der Waals surface area (Å²) in [5, 5.41) is 5.06. The number of rotatable bonds is 7. The molecule has 4 aromatic carbocycles. The molecule has 1 atom stereocenters. The zero-order valence-electron chi connectivity index (χ0n) is 19.7. The summed E-state index contributed by atoms with van der Waals surface area (Å²) in [6.07, 6.45) is 0.0131. The van der Waals surface area contributed by atoms with Gasteiger partial charge in [0, 0.05) is 24.0 Å². The van der Waals surface area contributed by atoms with E-state index in [1.165, 1.54) is 4.90 Å². The highest BCUT2D eigenvalue weighted by Crippen LogP contribution is 2.32. The maximum Gasteiger partial charge on any atom is 0.311 e. The van der Waals surface area contributed by atoms with Gasteiger partial charge >= 0.3 is 5.97 Å². The smallest absolute Gasteiger partial charge is 0.311 e. The lowest BCUT2D eigenvalue weighted by molar-refractivity contribution is -0.151. The molecule has 2 amide bonds. The number of nitrogens with zero attached hydrogens (tertiary/aromatic N) is 1. The normalized spacial score (nSPS) is 15.0. The monoisotopic (exact) mass is 514 g/mol. The first-order valence-corrected chi connectivity index (χ1v) is 12.1. The molecule has 5 rings (SSSR count). The summed E-state index contributed by atoms with van der Waals surface area (Å²) >= 11 is 6.02. The maximum absolute atomic E-state index is 12.6. The molecule has 1 aliphatic rings. The van der Waals surface area contributed by atoms with Crippen molar-refractivity contribution in [1.29, 1.82) is 0 Å². The van der Waals surface area contributed by atoms with Crippen LogP contribution in [0.2, 0.25) is 5.02 Å². The van der Waals surface area contributed by atoms with Gasteiger partial charge in [0.1, 0.15) is 11.5 Å². The molecule has 7 nitrogen and oxygen atoms in total. The van der Waals surface area contributed by atoms with Crippen molar-refractivity contribution in [3.8, 4) is 11.5 Å². The van der Waals surface area contributed by atoms with Crippen molar-refractivity contribution < 1.29 is 23.9 Å². The summed E-state index contributed by atoms with van der Waals surface area (Å²) < 4.78 is 11.2. The van der Waals surface area contributed by atoms with Crippen LogP contribution in [0.25, 0.3) is 10.8 Å². The fraction of sp³-hybridized carbons (Fsp3) is 0.138. The molecule has 1 N–H and O–H groups in total. The highest BCUT2D eigenvalue weighted by atomic mass is 35.5. The topological polar surface area (TPSA) is 84.9 Å². The molecular formula is C29H23ClN2O5. The van der Waals surface area contributed by atoms with Gasteiger partial charge in [-0.05, 0) is 47.9 Å². The molecule has 1 heterocycles. The van der Waals surface area contributed by atoms with Crippen molar-refractivity contribution >= 4 is 51.5 Å². The molecule has 0 aliphatic carbocycles. The van der Waals surface area contributed by atoms with Crippen LogP contribution in [-0.4, -0.2) is 30.9 Å². The minimum Gasteiger partial charge on any atom is -0.457 e. The minimum absolute atomic E-state index is 0.0131. The first-order chi connectivity index (χ1) is 18.0. The Morgan fingerprint density at radius 1 is 0.919 bits per heavy atom. The number of para-hydroxylation sites is 1. The molecular weight excluding hydrogens is 492 g/mol. The molecule has 37 heavy (non-hydrogen) atoms. The van der Waals surface area contributed by atoms with Crippen LogP contribution in [0.4, 0.5) is 11.4 Å². The molecule has 1 aliphatic heterocycles. The number of fused-ring (bicyclic) bond motifs is 1. The largest absolute Gasteiger partial charge is 0.457 e. The van der Waals surface area contributed by atoms with Gasteiger partial charge < -0.3 is 19.7 Å². The lowest BCUT2D eigenvalue weighted by atomic mass is 10.1. The molecule has 0 unspecified atom stereocenters. The van der Waals surface area contributed by atoms with Gasteiger partial charge in [-0.1, -0.05) is 60.1 Å². The van der Waals surface area contributed by atoms with E-state index in [0.717, 1.165) is 16.5 Å². The van der Waals surface area contributed by atoms with Gasteiger partial charge in [0.05, 0.1) is 16.6 Å². The van der Waals surface area contributed by atoms with Crippen LogP contribution in [0.5, 0.6) is 11.5 Å². The van der Waals surface area contributed by atoms with Crippen LogP contribution >= 0.6 is 11.6 Å². The third-order valence-electron chi connectivity index (χ3n) is 6.08. The molecule has 186 valence electrons. The van der Waals surface area contributed by atoms with E-state index in [9.17, 15) is 14.4 Å². The van der Waals surface area contributed by atoms with Gasteiger partial charge in [0.15, 0.2) is 6.61 Å². The van der Waals surface area contributed by atoms with Gasteiger partial charge in [-0.2, -0.15) is 0 Å². The van der Waals surface area contributed by atoms with Gasteiger partial charge in [0.25, 0.3) is 5.91 Å². The van der Waals surface area contributed by atoms with Crippen LogP contribution in [0.1, 0.15) is 6.42 Å². The molecule has 0 aromatic heterocycles. The van der Waals surface area contributed by atoms with Crippen molar-refractivity contribution in [2.24, 2.45) is 5.92 Å². The van der Waals surface area contributed by atoms with E-state index in [-0.39, 0.29) is 18.9 Å². The second-order valence-electron chi connectivity index (χ2n) is 8.61. The lowest BCUT2D eigenvalue weighted by Crippen LogP contribution is -2.28.